The first-order valence-corrected chi connectivity index (χ1v) is 7.97. The van der Waals surface area contributed by atoms with Crippen molar-refractivity contribution in [3.63, 3.8) is 0 Å². The van der Waals surface area contributed by atoms with E-state index in [0.717, 1.165) is 44.9 Å². The van der Waals surface area contributed by atoms with Crippen molar-refractivity contribution in [1.82, 2.24) is 10.2 Å². The molecule has 0 aromatic heterocycles. The van der Waals surface area contributed by atoms with E-state index in [2.05, 4.69) is 10.2 Å². The zero-order valence-electron chi connectivity index (χ0n) is 11.9. The highest BCUT2D eigenvalue weighted by Crippen LogP contribution is 2.36. The van der Waals surface area contributed by atoms with E-state index < -0.39 is 0 Å². The summed E-state index contributed by atoms with van der Waals surface area (Å²) in [6.45, 7) is 5.22. The van der Waals surface area contributed by atoms with Crippen LogP contribution in [0.1, 0.15) is 38.5 Å². The van der Waals surface area contributed by atoms with Gasteiger partial charge in [-0.05, 0) is 43.9 Å². The Labute approximate surface area is 116 Å². The minimum absolute atomic E-state index is 0.291. The third-order valence-electron chi connectivity index (χ3n) is 4.89. The van der Waals surface area contributed by atoms with E-state index in [1.54, 1.807) is 0 Å². The molecule has 4 nitrogen and oxygen atoms in total. The number of nitrogens with one attached hydrogen (secondary N) is 1. The smallest absolute Gasteiger partial charge is 0.0558 e. The van der Waals surface area contributed by atoms with Crippen LogP contribution >= 0.6 is 0 Å². The fourth-order valence-electron chi connectivity index (χ4n) is 3.23. The van der Waals surface area contributed by atoms with Gasteiger partial charge in [0, 0.05) is 44.9 Å². The molecule has 3 rings (SSSR count). The number of rotatable bonds is 8. The van der Waals surface area contributed by atoms with E-state index in [9.17, 15) is 5.11 Å². The average Bonchev–Trinajstić information content (AvgIpc) is 3.31. The van der Waals surface area contributed by atoms with E-state index in [0.29, 0.717) is 12.0 Å². The van der Waals surface area contributed by atoms with Crippen molar-refractivity contribution in [1.29, 1.82) is 0 Å². The van der Waals surface area contributed by atoms with Gasteiger partial charge in [0.2, 0.25) is 0 Å². The molecule has 4 heteroatoms. The molecule has 110 valence electrons. The predicted molar refractivity (Wildman–Crippen MR) is 75.2 cm³/mol. The summed E-state index contributed by atoms with van der Waals surface area (Å²) in [6, 6.07) is 1.53. The number of hydrogen-bond donors (Lipinski definition) is 2. The lowest BCUT2D eigenvalue weighted by Gasteiger charge is -2.41. The number of nitrogens with zero attached hydrogens (tertiary/aromatic N) is 1. The molecule has 0 amide bonds. The molecule has 2 N–H and O–H groups in total. The summed E-state index contributed by atoms with van der Waals surface area (Å²) in [7, 11) is 0. The highest BCUT2D eigenvalue weighted by Gasteiger charge is 2.39. The van der Waals surface area contributed by atoms with Gasteiger partial charge in [-0.25, -0.2) is 0 Å². The van der Waals surface area contributed by atoms with Gasteiger partial charge in [-0.1, -0.05) is 0 Å². The number of hydrogen-bond acceptors (Lipinski definition) is 4. The third-order valence-corrected chi connectivity index (χ3v) is 4.89. The summed E-state index contributed by atoms with van der Waals surface area (Å²) in [5.41, 5.74) is 0.374. The van der Waals surface area contributed by atoms with Gasteiger partial charge in [-0.2, -0.15) is 0 Å². The zero-order valence-corrected chi connectivity index (χ0v) is 11.9. The Morgan fingerprint density at radius 3 is 2.47 bits per heavy atom. The Kier molecular flexibility index (Phi) is 4.42. The Balaban J connectivity index is 1.58. The second-order valence-electron chi connectivity index (χ2n) is 6.69. The lowest BCUT2D eigenvalue weighted by Crippen LogP contribution is -2.49. The summed E-state index contributed by atoms with van der Waals surface area (Å²) >= 11 is 0. The Hall–Kier alpha value is -0.160. The molecule has 0 bridgehead atoms. The Bertz CT molecular complexity index is 284. The van der Waals surface area contributed by atoms with Crippen molar-refractivity contribution in [2.45, 2.75) is 50.6 Å². The summed E-state index contributed by atoms with van der Waals surface area (Å²) in [4.78, 5) is 2.53. The van der Waals surface area contributed by atoms with E-state index in [4.69, 9.17) is 4.74 Å². The van der Waals surface area contributed by atoms with Crippen molar-refractivity contribution in [3.8, 4) is 0 Å². The van der Waals surface area contributed by atoms with Crippen LogP contribution in [0.4, 0.5) is 0 Å². The van der Waals surface area contributed by atoms with Gasteiger partial charge in [0.1, 0.15) is 0 Å². The maximum absolute atomic E-state index is 9.27. The van der Waals surface area contributed by atoms with E-state index >= 15 is 0 Å². The standard InChI is InChI=1S/C15H28N2O2/c18-8-7-17(14-3-4-14)12-15(5-9-19-10-6-15)11-16-13-1-2-13/h13-14,16,18H,1-12H2. The molecule has 19 heavy (non-hydrogen) atoms. The lowest BCUT2D eigenvalue weighted by atomic mass is 9.79. The van der Waals surface area contributed by atoms with Gasteiger partial charge in [0.15, 0.2) is 0 Å². The maximum atomic E-state index is 9.27. The predicted octanol–water partition coefficient (Wildman–Crippen LogP) is 0.992. The largest absolute Gasteiger partial charge is 0.395 e. The van der Waals surface area contributed by atoms with Crippen molar-refractivity contribution >= 4 is 0 Å². The molecular formula is C15H28N2O2. The SMILES string of the molecule is OCCN(CC1(CNC2CC2)CCOCC1)C1CC1. The van der Waals surface area contributed by atoms with Gasteiger partial charge < -0.3 is 15.2 Å². The summed E-state index contributed by atoms with van der Waals surface area (Å²) in [5.74, 6) is 0. The fourth-order valence-corrected chi connectivity index (χ4v) is 3.23. The first kappa shape index (κ1) is 13.8. The topological polar surface area (TPSA) is 44.7 Å². The van der Waals surface area contributed by atoms with Crippen molar-refractivity contribution in [3.05, 3.63) is 0 Å². The monoisotopic (exact) mass is 268 g/mol. The van der Waals surface area contributed by atoms with E-state index in [1.807, 2.05) is 0 Å². The molecular weight excluding hydrogens is 240 g/mol. The van der Waals surface area contributed by atoms with Crippen LogP contribution in [0.2, 0.25) is 0 Å². The molecule has 2 saturated carbocycles. The van der Waals surface area contributed by atoms with E-state index in [-0.39, 0.29) is 0 Å². The van der Waals surface area contributed by atoms with Crippen LogP contribution < -0.4 is 5.32 Å². The van der Waals surface area contributed by atoms with Crippen LogP contribution in [-0.4, -0.2) is 61.5 Å². The molecule has 0 atom stereocenters. The highest BCUT2D eigenvalue weighted by atomic mass is 16.5. The normalized spacial score (nSPS) is 26.8. The van der Waals surface area contributed by atoms with Crippen LogP contribution in [0.5, 0.6) is 0 Å². The van der Waals surface area contributed by atoms with Crippen LogP contribution in [-0.2, 0) is 4.74 Å². The zero-order chi connectivity index (χ0) is 13.1. The molecule has 0 aromatic carbocycles. The van der Waals surface area contributed by atoms with Crippen molar-refractivity contribution in [2.75, 3.05) is 39.5 Å². The number of aliphatic hydroxyl groups is 1. The molecule has 3 fully saturated rings. The second kappa shape index (κ2) is 6.08. The highest BCUT2D eigenvalue weighted by molar-refractivity contribution is 4.94. The van der Waals surface area contributed by atoms with Gasteiger partial charge in [-0.15, -0.1) is 0 Å². The molecule has 2 aliphatic carbocycles. The Morgan fingerprint density at radius 1 is 1.16 bits per heavy atom. The summed E-state index contributed by atoms with van der Waals surface area (Å²) < 4.78 is 5.57. The molecule has 0 spiro atoms. The third kappa shape index (κ3) is 3.91. The van der Waals surface area contributed by atoms with Gasteiger partial charge in [0.05, 0.1) is 6.61 Å². The minimum Gasteiger partial charge on any atom is -0.395 e. The molecule has 3 aliphatic rings. The fraction of sp³-hybridized carbons (Fsp3) is 1.00. The number of aliphatic hydroxyl groups excluding tert-OH is 1. The second-order valence-corrected chi connectivity index (χ2v) is 6.69. The first-order chi connectivity index (χ1) is 9.31. The molecule has 0 aromatic rings. The summed E-state index contributed by atoms with van der Waals surface area (Å²) in [6.07, 6.45) is 7.69. The van der Waals surface area contributed by atoms with E-state index in [1.165, 1.54) is 38.5 Å². The van der Waals surface area contributed by atoms with Gasteiger partial charge in [0.25, 0.3) is 0 Å². The van der Waals surface area contributed by atoms with Crippen LogP contribution in [0.3, 0.4) is 0 Å². The van der Waals surface area contributed by atoms with Gasteiger partial charge in [-0.3, -0.25) is 4.90 Å². The van der Waals surface area contributed by atoms with Crippen LogP contribution in [0.25, 0.3) is 0 Å². The van der Waals surface area contributed by atoms with Crippen molar-refractivity contribution < 1.29 is 9.84 Å². The molecule has 1 heterocycles. The molecule has 1 aliphatic heterocycles. The lowest BCUT2D eigenvalue weighted by molar-refractivity contribution is -0.00824. The number of ether oxygens (including phenoxy) is 1. The van der Waals surface area contributed by atoms with Crippen molar-refractivity contribution in [2.24, 2.45) is 5.41 Å². The first-order valence-electron chi connectivity index (χ1n) is 7.97. The Morgan fingerprint density at radius 2 is 1.89 bits per heavy atom. The molecule has 0 unspecified atom stereocenters. The minimum atomic E-state index is 0.291. The summed E-state index contributed by atoms with van der Waals surface area (Å²) in [5, 5.41) is 13.0. The molecule has 1 saturated heterocycles. The molecule has 0 radical (unpaired) electrons. The average molecular weight is 268 g/mol. The van der Waals surface area contributed by atoms with Crippen LogP contribution in [0.15, 0.2) is 0 Å². The maximum Gasteiger partial charge on any atom is 0.0558 e. The van der Waals surface area contributed by atoms with Gasteiger partial charge >= 0.3 is 0 Å². The van der Waals surface area contributed by atoms with Crippen LogP contribution in [0, 0.1) is 5.41 Å². The quantitative estimate of drug-likeness (QED) is 0.689.